The Morgan fingerprint density at radius 1 is 0.659 bits per heavy atom. The normalized spacial score (nSPS) is 10.5. The van der Waals surface area contributed by atoms with Gasteiger partial charge in [0.1, 0.15) is 11.6 Å². The van der Waals surface area contributed by atoms with Crippen molar-refractivity contribution in [2.45, 2.75) is 34.3 Å². The van der Waals surface area contributed by atoms with Gasteiger partial charge in [-0.15, -0.1) is 0 Å². The van der Waals surface area contributed by atoms with Gasteiger partial charge in [0.15, 0.2) is 11.5 Å². The van der Waals surface area contributed by atoms with Crippen molar-refractivity contribution >= 4 is 17.9 Å². The van der Waals surface area contributed by atoms with E-state index in [4.69, 9.17) is 18.9 Å². The van der Waals surface area contributed by atoms with E-state index in [0.717, 1.165) is 0 Å². The summed E-state index contributed by atoms with van der Waals surface area (Å²) in [6.45, 7) is 17.7. The van der Waals surface area contributed by atoms with E-state index in [-0.39, 0.29) is 40.4 Å². The summed E-state index contributed by atoms with van der Waals surface area (Å²) in [5.74, 6) is -2.31. The summed E-state index contributed by atoms with van der Waals surface area (Å²) in [5.41, 5.74) is 3.02. The van der Waals surface area contributed by atoms with Gasteiger partial charge < -0.3 is 18.9 Å². The molecule has 0 aromatic heterocycles. The van der Waals surface area contributed by atoms with Gasteiger partial charge in [-0.3, -0.25) is 0 Å². The molecule has 0 unspecified atom stereocenters. The summed E-state index contributed by atoms with van der Waals surface area (Å²) in [4.78, 5) is 36.3. The first-order valence-electron chi connectivity index (χ1n) is 12.7. The van der Waals surface area contributed by atoms with Crippen LogP contribution in [0.2, 0.25) is 0 Å². The monoisotopic (exact) mass is 558 g/mol. The summed E-state index contributed by atoms with van der Waals surface area (Å²) in [5, 5.41) is 0. The molecule has 0 aliphatic rings. The maximum absolute atomic E-state index is 15.5. The minimum absolute atomic E-state index is 0.0253. The molecule has 212 valence electrons. The molecule has 0 amide bonds. The molecule has 0 aliphatic heterocycles. The molecule has 0 saturated heterocycles. The molecule has 0 saturated carbocycles. The number of rotatable bonds is 11. The van der Waals surface area contributed by atoms with E-state index in [1.54, 1.807) is 43.3 Å². The van der Waals surface area contributed by atoms with Gasteiger partial charge in [0.05, 0.1) is 6.61 Å². The highest BCUT2D eigenvalue weighted by atomic mass is 19.1. The molecule has 0 radical (unpaired) electrons. The van der Waals surface area contributed by atoms with Crippen molar-refractivity contribution in [1.29, 1.82) is 0 Å². The average molecular weight is 559 g/mol. The molecule has 3 aromatic rings. The van der Waals surface area contributed by atoms with Crippen LogP contribution in [0.3, 0.4) is 0 Å². The highest BCUT2D eigenvalue weighted by molar-refractivity contribution is 5.91. The standard InChI is InChI=1S/C33H31FO7/c1-8-38-18-25-15-22(10-13-28(25)39-31(35)19(2)3)23-9-12-26(27(34)16-23)24-11-14-29(40-32(36)20(4)5)30(17-24)41-33(37)21(6)7/h9-17H,2,4,6,8,18H2,1,3,5,7H3. The Bertz CT molecular complexity index is 1550. The fourth-order valence-electron chi connectivity index (χ4n) is 3.51. The molecule has 3 rings (SSSR count). The first kappa shape index (κ1) is 30.7. The zero-order valence-electron chi connectivity index (χ0n) is 23.5. The Hall–Kier alpha value is -4.82. The summed E-state index contributed by atoms with van der Waals surface area (Å²) >= 11 is 0. The van der Waals surface area contributed by atoms with Crippen molar-refractivity contribution in [3.63, 3.8) is 0 Å². The highest BCUT2D eigenvalue weighted by Crippen LogP contribution is 2.36. The third-order valence-corrected chi connectivity index (χ3v) is 5.73. The SMILES string of the molecule is C=C(C)C(=O)Oc1ccc(-c2ccc(-c3ccc(OC(=O)C(=C)C)c(OC(=O)C(=C)C)c3)c(F)c2)cc1COCC. The van der Waals surface area contributed by atoms with Gasteiger partial charge in [0.25, 0.3) is 0 Å². The van der Waals surface area contributed by atoms with Crippen molar-refractivity contribution in [3.8, 4) is 39.5 Å². The zero-order valence-corrected chi connectivity index (χ0v) is 23.5. The van der Waals surface area contributed by atoms with Crippen LogP contribution in [0.1, 0.15) is 33.3 Å². The van der Waals surface area contributed by atoms with Gasteiger partial charge in [0.2, 0.25) is 0 Å². The number of benzene rings is 3. The molecule has 41 heavy (non-hydrogen) atoms. The lowest BCUT2D eigenvalue weighted by molar-refractivity contribution is -0.132. The Kier molecular flexibility index (Phi) is 10.1. The maximum Gasteiger partial charge on any atom is 0.338 e. The molecule has 0 fully saturated rings. The van der Waals surface area contributed by atoms with Crippen LogP contribution in [-0.2, 0) is 25.7 Å². The number of ether oxygens (including phenoxy) is 4. The van der Waals surface area contributed by atoms with Gasteiger partial charge in [-0.05, 0) is 74.7 Å². The van der Waals surface area contributed by atoms with Crippen LogP contribution in [-0.4, -0.2) is 24.5 Å². The number of hydrogen-bond acceptors (Lipinski definition) is 7. The Balaban J connectivity index is 1.99. The smallest absolute Gasteiger partial charge is 0.338 e. The van der Waals surface area contributed by atoms with E-state index >= 15 is 4.39 Å². The van der Waals surface area contributed by atoms with Crippen LogP contribution in [0.5, 0.6) is 17.2 Å². The largest absolute Gasteiger partial charge is 0.423 e. The number of halogens is 1. The van der Waals surface area contributed by atoms with Crippen molar-refractivity contribution < 1.29 is 37.7 Å². The third-order valence-electron chi connectivity index (χ3n) is 5.73. The summed E-state index contributed by atoms with van der Waals surface area (Å²) < 4.78 is 37.1. The lowest BCUT2D eigenvalue weighted by Crippen LogP contribution is -2.12. The topological polar surface area (TPSA) is 88.1 Å². The van der Waals surface area contributed by atoms with Crippen LogP contribution >= 0.6 is 0 Å². The van der Waals surface area contributed by atoms with Gasteiger partial charge in [-0.25, -0.2) is 18.8 Å². The lowest BCUT2D eigenvalue weighted by atomic mass is 9.98. The molecule has 3 aromatic carbocycles. The Morgan fingerprint density at radius 3 is 1.71 bits per heavy atom. The second kappa shape index (κ2) is 13.5. The third kappa shape index (κ3) is 7.86. The van der Waals surface area contributed by atoms with E-state index in [1.165, 1.54) is 32.0 Å². The molecule has 0 aliphatic carbocycles. The Morgan fingerprint density at radius 2 is 1.15 bits per heavy atom. The van der Waals surface area contributed by atoms with Gasteiger partial charge in [-0.1, -0.05) is 44.0 Å². The molecule has 0 N–H and O–H groups in total. The molecule has 0 bridgehead atoms. The second-order valence-corrected chi connectivity index (χ2v) is 9.33. The quantitative estimate of drug-likeness (QED) is 0.140. The van der Waals surface area contributed by atoms with E-state index in [2.05, 4.69) is 19.7 Å². The average Bonchev–Trinajstić information content (AvgIpc) is 2.93. The van der Waals surface area contributed by atoms with Crippen molar-refractivity contribution in [2.75, 3.05) is 6.61 Å². The predicted molar refractivity (Wildman–Crippen MR) is 154 cm³/mol. The van der Waals surface area contributed by atoms with Crippen LogP contribution in [0.4, 0.5) is 4.39 Å². The van der Waals surface area contributed by atoms with Crippen LogP contribution < -0.4 is 14.2 Å². The van der Waals surface area contributed by atoms with E-state index < -0.39 is 23.7 Å². The minimum Gasteiger partial charge on any atom is -0.423 e. The molecule has 0 atom stereocenters. The summed E-state index contributed by atoms with van der Waals surface area (Å²) in [7, 11) is 0. The van der Waals surface area contributed by atoms with Gasteiger partial charge in [-0.2, -0.15) is 0 Å². The lowest BCUT2D eigenvalue weighted by Gasteiger charge is -2.14. The number of carbonyl (C=O) groups is 3. The molecule has 0 spiro atoms. The number of esters is 3. The van der Waals surface area contributed by atoms with Gasteiger partial charge in [0, 0.05) is 34.5 Å². The highest BCUT2D eigenvalue weighted by Gasteiger charge is 2.18. The van der Waals surface area contributed by atoms with Crippen molar-refractivity contribution in [1.82, 2.24) is 0 Å². The van der Waals surface area contributed by atoms with Gasteiger partial charge >= 0.3 is 17.9 Å². The van der Waals surface area contributed by atoms with Crippen LogP contribution in [0, 0.1) is 5.82 Å². The molecular formula is C33H31FO7. The number of carbonyl (C=O) groups excluding carboxylic acids is 3. The zero-order chi connectivity index (χ0) is 30.3. The Labute approximate surface area is 238 Å². The van der Waals surface area contributed by atoms with Crippen LogP contribution in [0.25, 0.3) is 22.3 Å². The van der Waals surface area contributed by atoms with Crippen molar-refractivity contribution in [3.05, 3.63) is 102 Å². The van der Waals surface area contributed by atoms with E-state index in [9.17, 15) is 14.4 Å². The maximum atomic E-state index is 15.5. The van der Waals surface area contributed by atoms with Crippen molar-refractivity contribution in [2.24, 2.45) is 0 Å². The molecule has 0 heterocycles. The minimum atomic E-state index is -0.731. The first-order chi connectivity index (χ1) is 19.4. The molecule has 7 nitrogen and oxygen atoms in total. The number of hydrogen-bond donors (Lipinski definition) is 0. The summed E-state index contributed by atoms with van der Waals surface area (Å²) in [6, 6.07) is 14.2. The summed E-state index contributed by atoms with van der Waals surface area (Å²) in [6.07, 6.45) is 0. The van der Waals surface area contributed by atoms with E-state index in [0.29, 0.717) is 34.6 Å². The predicted octanol–water partition coefficient (Wildman–Crippen LogP) is 7.14. The fraction of sp³-hybridized carbons (Fsp3) is 0.182. The molecule has 8 heteroatoms. The first-order valence-corrected chi connectivity index (χ1v) is 12.7. The second-order valence-electron chi connectivity index (χ2n) is 9.33. The van der Waals surface area contributed by atoms with E-state index in [1.807, 2.05) is 6.92 Å². The fourth-order valence-corrected chi connectivity index (χ4v) is 3.51. The molecular weight excluding hydrogens is 527 g/mol. The van der Waals surface area contributed by atoms with Crippen LogP contribution in [0.15, 0.2) is 91.1 Å².